The van der Waals surface area contributed by atoms with Gasteiger partial charge in [-0.3, -0.25) is 14.4 Å². The Morgan fingerprint density at radius 2 is 1.82 bits per heavy atom. The van der Waals surface area contributed by atoms with Crippen molar-refractivity contribution in [1.82, 2.24) is 0 Å². The van der Waals surface area contributed by atoms with Crippen LogP contribution in [0, 0.1) is 0 Å². The largest absolute Gasteiger partial charge is 0.496 e. The van der Waals surface area contributed by atoms with Crippen molar-refractivity contribution in [3.63, 3.8) is 0 Å². The van der Waals surface area contributed by atoms with E-state index in [1.54, 1.807) is 49.6 Å². The van der Waals surface area contributed by atoms with E-state index in [0.29, 0.717) is 22.8 Å². The monoisotopic (exact) mass is 401 g/mol. The summed E-state index contributed by atoms with van der Waals surface area (Å²) in [7, 11) is 1.55. The number of para-hydroxylation sites is 1. The number of esters is 1. The van der Waals surface area contributed by atoms with Crippen molar-refractivity contribution in [3.8, 4) is 5.75 Å². The number of amides is 1. The second-order valence-corrected chi connectivity index (χ2v) is 7.05. The van der Waals surface area contributed by atoms with E-state index in [0.717, 1.165) is 5.56 Å². The zero-order chi connectivity index (χ0) is 20.5. The molecule has 2 rings (SSSR count). The van der Waals surface area contributed by atoms with Crippen molar-refractivity contribution in [1.29, 1.82) is 0 Å². The van der Waals surface area contributed by atoms with Crippen molar-refractivity contribution >= 4 is 35.1 Å². The van der Waals surface area contributed by atoms with Crippen LogP contribution < -0.4 is 10.1 Å². The molecule has 1 amide bonds. The number of thioether (sulfide) groups is 1. The summed E-state index contributed by atoms with van der Waals surface area (Å²) in [5, 5.41) is 2.69. The number of nitrogens with one attached hydrogen (secondary N) is 1. The van der Waals surface area contributed by atoms with Gasteiger partial charge in [-0.25, -0.2) is 0 Å². The summed E-state index contributed by atoms with van der Waals surface area (Å²) in [6.45, 7) is 3.03. The van der Waals surface area contributed by atoms with E-state index >= 15 is 0 Å². The fourth-order valence-corrected chi connectivity index (χ4v) is 3.19. The maximum Gasteiger partial charge on any atom is 0.316 e. The van der Waals surface area contributed by atoms with E-state index in [-0.39, 0.29) is 17.4 Å². The summed E-state index contributed by atoms with van der Waals surface area (Å²) in [4.78, 5) is 35.6. The van der Waals surface area contributed by atoms with Crippen molar-refractivity contribution in [3.05, 3.63) is 59.7 Å². The summed E-state index contributed by atoms with van der Waals surface area (Å²) in [5.74, 6) is 0.302. The van der Waals surface area contributed by atoms with Gasteiger partial charge in [-0.05, 0) is 44.2 Å². The van der Waals surface area contributed by atoms with Crippen LogP contribution in [0.5, 0.6) is 5.75 Å². The molecule has 0 bridgehead atoms. The SMILES string of the molecule is COc1ccc(C(C)=O)cc1CSCC(=O)O[C@H](C)C(=O)Nc1ccccc1. The second-order valence-electron chi connectivity index (χ2n) is 6.06. The highest BCUT2D eigenvalue weighted by Crippen LogP contribution is 2.25. The molecule has 7 heteroatoms. The molecule has 148 valence electrons. The molecule has 0 aromatic heterocycles. The number of Topliss-reactive ketones (excluding diaryl/α,β-unsaturated/α-hetero) is 1. The minimum Gasteiger partial charge on any atom is -0.496 e. The van der Waals surface area contributed by atoms with Gasteiger partial charge in [0.1, 0.15) is 5.75 Å². The molecular formula is C21H23NO5S. The van der Waals surface area contributed by atoms with E-state index in [1.165, 1.54) is 25.6 Å². The predicted octanol–water partition coefficient (Wildman–Crippen LogP) is 3.70. The number of hydrogen-bond acceptors (Lipinski definition) is 6. The van der Waals surface area contributed by atoms with Gasteiger partial charge < -0.3 is 14.8 Å². The molecule has 28 heavy (non-hydrogen) atoms. The molecule has 0 aliphatic carbocycles. The first-order chi connectivity index (χ1) is 13.4. The number of hydrogen-bond donors (Lipinski definition) is 1. The molecule has 2 aromatic rings. The third-order valence-corrected chi connectivity index (χ3v) is 4.84. The molecule has 1 atom stereocenters. The number of rotatable bonds is 9. The Hall–Kier alpha value is -2.80. The van der Waals surface area contributed by atoms with Crippen LogP contribution >= 0.6 is 11.8 Å². The average Bonchev–Trinajstić information content (AvgIpc) is 2.68. The average molecular weight is 401 g/mol. The highest BCUT2D eigenvalue weighted by Gasteiger charge is 2.18. The number of methoxy groups -OCH3 is 1. The Morgan fingerprint density at radius 3 is 2.46 bits per heavy atom. The van der Waals surface area contributed by atoms with Gasteiger partial charge in [0.25, 0.3) is 5.91 Å². The van der Waals surface area contributed by atoms with Crippen LogP contribution in [0.15, 0.2) is 48.5 Å². The quantitative estimate of drug-likeness (QED) is 0.510. The molecule has 0 saturated carbocycles. The lowest BCUT2D eigenvalue weighted by Gasteiger charge is -2.14. The molecule has 0 aliphatic heterocycles. The molecule has 0 heterocycles. The van der Waals surface area contributed by atoms with Crippen LogP contribution in [0.25, 0.3) is 0 Å². The Kier molecular flexibility index (Phi) is 8.07. The molecular weight excluding hydrogens is 378 g/mol. The van der Waals surface area contributed by atoms with Crippen molar-refractivity contribution < 1.29 is 23.9 Å². The summed E-state index contributed by atoms with van der Waals surface area (Å²) in [6, 6.07) is 14.2. The summed E-state index contributed by atoms with van der Waals surface area (Å²) in [6.07, 6.45) is -0.899. The van der Waals surface area contributed by atoms with Crippen LogP contribution in [0.3, 0.4) is 0 Å². The van der Waals surface area contributed by atoms with Crippen LogP contribution in [0.2, 0.25) is 0 Å². The Balaban J connectivity index is 1.83. The van der Waals surface area contributed by atoms with Crippen LogP contribution in [0.4, 0.5) is 5.69 Å². The van der Waals surface area contributed by atoms with Gasteiger partial charge >= 0.3 is 5.97 Å². The zero-order valence-electron chi connectivity index (χ0n) is 16.1. The summed E-state index contributed by atoms with van der Waals surface area (Å²) >= 11 is 1.32. The summed E-state index contributed by atoms with van der Waals surface area (Å²) < 4.78 is 10.5. The molecule has 0 unspecified atom stereocenters. The number of benzene rings is 2. The number of carbonyl (C=O) groups is 3. The van der Waals surface area contributed by atoms with Gasteiger partial charge in [0.05, 0.1) is 12.9 Å². The van der Waals surface area contributed by atoms with Crippen LogP contribution in [-0.2, 0) is 20.1 Å². The standard InChI is InChI=1S/C21H23NO5S/c1-14(23)16-9-10-19(26-3)17(11-16)12-28-13-20(24)27-15(2)21(25)22-18-7-5-4-6-8-18/h4-11,15H,12-13H2,1-3H3,(H,22,25)/t15-/m1/s1. The van der Waals surface area contributed by atoms with Gasteiger partial charge in [0, 0.05) is 22.6 Å². The molecule has 2 aromatic carbocycles. The third-order valence-electron chi connectivity index (χ3n) is 3.88. The van der Waals surface area contributed by atoms with E-state index < -0.39 is 12.1 Å². The smallest absolute Gasteiger partial charge is 0.316 e. The van der Waals surface area contributed by atoms with Crippen molar-refractivity contribution in [2.24, 2.45) is 0 Å². The fraction of sp³-hybridized carbons (Fsp3) is 0.286. The maximum atomic E-state index is 12.1. The first kappa shape index (κ1) is 21.5. The number of carbonyl (C=O) groups excluding carboxylic acids is 3. The van der Waals surface area contributed by atoms with Gasteiger partial charge in [0.15, 0.2) is 11.9 Å². The molecule has 6 nitrogen and oxygen atoms in total. The lowest BCUT2D eigenvalue weighted by atomic mass is 10.1. The molecule has 0 radical (unpaired) electrons. The van der Waals surface area contributed by atoms with Crippen LogP contribution in [0.1, 0.15) is 29.8 Å². The van der Waals surface area contributed by atoms with Crippen LogP contribution in [-0.4, -0.2) is 36.6 Å². The first-order valence-corrected chi connectivity index (χ1v) is 9.87. The predicted molar refractivity (Wildman–Crippen MR) is 110 cm³/mol. The third kappa shape index (κ3) is 6.42. The van der Waals surface area contributed by atoms with Crippen molar-refractivity contribution in [2.75, 3.05) is 18.2 Å². The Labute approximate surface area is 168 Å². The molecule has 0 aliphatic rings. The number of anilines is 1. The van der Waals surface area contributed by atoms with E-state index in [9.17, 15) is 14.4 Å². The lowest BCUT2D eigenvalue weighted by Crippen LogP contribution is -2.30. The van der Waals surface area contributed by atoms with Gasteiger partial charge in [-0.15, -0.1) is 11.8 Å². The minimum absolute atomic E-state index is 0.0356. The van der Waals surface area contributed by atoms with Gasteiger partial charge in [-0.2, -0.15) is 0 Å². The van der Waals surface area contributed by atoms with E-state index in [4.69, 9.17) is 9.47 Å². The second kappa shape index (κ2) is 10.5. The normalized spacial score (nSPS) is 11.4. The Morgan fingerprint density at radius 1 is 1.11 bits per heavy atom. The van der Waals surface area contributed by atoms with Gasteiger partial charge in [0.2, 0.25) is 0 Å². The first-order valence-electron chi connectivity index (χ1n) is 8.71. The topological polar surface area (TPSA) is 81.7 Å². The van der Waals surface area contributed by atoms with E-state index in [2.05, 4.69) is 5.32 Å². The number of ketones is 1. The minimum atomic E-state index is -0.899. The zero-order valence-corrected chi connectivity index (χ0v) is 16.9. The Bertz CT molecular complexity index is 838. The highest BCUT2D eigenvalue weighted by atomic mass is 32.2. The van der Waals surface area contributed by atoms with E-state index in [1.807, 2.05) is 6.07 Å². The molecule has 0 saturated heterocycles. The molecule has 0 spiro atoms. The highest BCUT2D eigenvalue weighted by molar-refractivity contribution is 7.99. The maximum absolute atomic E-state index is 12.1. The molecule has 1 N–H and O–H groups in total. The van der Waals surface area contributed by atoms with Crippen molar-refractivity contribution in [2.45, 2.75) is 25.7 Å². The fourth-order valence-electron chi connectivity index (χ4n) is 2.40. The summed E-state index contributed by atoms with van der Waals surface area (Å²) in [5.41, 5.74) is 2.05. The molecule has 0 fully saturated rings. The van der Waals surface area contributed by atoms with Gasteiger partial charge in [-0.1, -0.05) is 18.2 Å². The number of ether oxygens (including phenoxy) is 2. The lowest BCUT2D eigenvalue weighted by molar-refractivity contribution is -0.150.